The van der Waals surface area contributed by atoms with Crippen molar-refractivity contribution < 1.29 is 18.3 Å². The average Bonchev–Trinajstić information content (AvgIpc) is 2.96. The van der Waals surface area contributed by atoms with Crippen LogP contribution in [0.5, 0.6) is 0 Å². The van der Waals surface area contributed by atoms with Gasteiger partial charge < -0.3 is 10.0 Å². The lowest BCUT2D eigenvalue weighted by molar-refractivity contribution is 0.0697. The molecule has 0 spiro atoms. The minimum Gasteiger partial charge on any atom is -0.478 e. The summed E-state index contributed by atoms with van der Waals surface area (Å²) in [6.07, 6.45) is 10.6. The van der Waals surface area contributed by atoms with Crippen molar-refractivity contribution in [1.82, 2.24) is 8.87 Å². The Kier molecular flexibility index (Phi) is 4.46. The van der Waals surface area contributed by atoms with Crippen molar-refractivity contribution in [2.45, 2.75) is 17.7 Å². The van der Waals surface area contributed by atoms with Gasteiger partial charge in [0.15, 0.2) is 0 Å². The summed E-state index contributed by atoms with van der Waals surface area (Å²) in [5.74, 6) is -1.18. The van der Waals surface area contributed by atoms with Gasteiger partial charge in [-0.1, -0.05) is 24.3 Å². The highest BCUT2D eigenvalue weighted by Gasteiger charge is 2.45. The molecule has 2 rings (SSSR count). The van der Waals surface area contributed by atoms with Crippen LogP contribution >= 0.6 is 0 Å². The van der Waals surface area contributed by atoms with Crippen molar-refractivity contribution in [3.05, 3.63) is 48.3 Å². The first-order valence-corrected chi connectivity index (χ1v) is 8.34. The number of carboxylic acids is 1. The van der Waals surface area contributed by atoms with E-state index in [0.717, 1.165) is 10.2 Å². The predicted molar refractivity (Wildman–Crippen MR) is 88.4 cm³/mol. The highest BCUT2D eigenvalue weighted by molar-refractivity contribution is 7.91. The van der Waals surface area contributed by atoms with Gasteiger partial charge in [0.05, 0.1) is 17.9 Å². The van der Waals surface area contributed by atoms with E-state index in [1.807, 2.05) is 0 Å². The Bertz CT molecular complexity index is 789. The minimum atomic E-state index is -3.89. The third-order valence-corrected chi connectivity index (χ3v) is 5.90. The quantitative estimate of drug-likeness (QED) is 0.644. The van der Waals surface area contributed by atoms with Gasteiger partial charge >= 0.3 is 5.97 Å². The molecule has 1 aromatic heterocycles. The van der Waals surface area contributed by atoms with Crippen LogP contribution in [0.2, 0.25) is 0 Å². The van der Waals surface area contributed by atoms with Crippen molar-refractivity contribution in [2.75, 3.05) is 14.1 Å². The maximum atomic E-state index is 13.0. The molecular weight excluding hydrogens is 318 g/mol. The lowest BCUT2D eigenvalue weighted by atomic mass is 9.97. The van der Waals surface area contributed by atoms with Crippen molar-refractivity contribution >= 4 is 22.3 Å². The van der Waals surface area contributed by atoms with Crippen molar-refractivity contribution in [1.29, 1.82) is 0 Å². The molecule has 2 unspecified atom stereocenters. The minimum absolute atomic E-state index is 0.0825. The summed E-state index contributed by atoms with van der Waals surface area (Å²) in [5.41, 5.74) is -0.0825. The van der Waals surface area contributed by atoms with Crippen molar-refractivity contribution in [3.8, 4) is 0 Å². The van der Waals surface area contributed by atoms with Crippen LogP contribution in [0, 0.1) is 0 Å². The zero-order valence-electron chi connectivity index (χ0n) is 13.1. The summed E-state index contributed by atoms with van der Waals surface area (Å²) in [5, 5.41) is 8.97. The molecule has 0 fully saturated rings. The van der Waals surface area contributed by atoms with Crippen molar-refractivity contribution in [3.63, 3.8) is 0 Å². The van der Waals surface area contributed by atoms with Gasteiger partial charge in [-0.3, -0.25) is 8.96 Å². The van der Waals surface area contributed by atoms with Crippen LogP contribution in [0.1, 0.15) is 17.3 Å². The monoisotopic (exact) mass is 337 g/mol. The van der Waals surface area contributed by atoms with Gasteiger partial charge in [0, 0.05) is 26.5 Å². The Morgan fingerprint density at radius 3 is 2.70 bits per heavy atom. The Morgan fingerprint density at radius 1 is 1.43 bits per heavy atom. The predicted octanol–water partition coefficient (Wildman–Crippen LogP) is 1.21. The zero-order chi connectivity index (χ0) is 17.3. The molecule has 124 valence electrons. The van der Waals surface area contributed by atoms with Gasteiger partial charge in [-0.15, -0.1) is 0 Å². The van der Waals surface area contributed by atoms with E-state index in [0.29, 0.717) is 0 Å². The van der Waals surface area contributed by atoms with Crippen LogP contribution in [-0.4, -0.2) is 59.6 Å². The first-order valence-electron chi connectivity index (χ1n) is 6.90. The summed E-state index contributed by atoms with van der Waals surface area (Å²) in [6, 6.07) is 0.638. The van der Waals surface area contributed by atoms with Gasteiger partial charge in [0.2, 0.25) is 10.0 Å². The van der Waals surface area contributed by atoms with Crippen LogP contribution in [-0.2, 0) is 10.0 Å². The number of aliphatic imine (C=N–C) groups is 1. The molecule has 23 heavy (non-hydrogen) atoms. The fourth-order valence-electron chi connectivity index (χ4n) is 2.23. The largest absolute Gasteiger partial charge is 0.478 e. The molecule has 1 aliphatic rings. The molecular formula is C15H19N3O4S. The summed E-state index contributed by atoms with van der Waals surface area (Å²) in [6.45, 7) is 1.57. The van der Waals surface area contributed by atoms with Crippen LogP contribution in [0.4, 0.5) is 0 Å². The van der Waals surface area contributed by atoms with Crippen LogP contribution in [0.3, 0.4) is 0 Å². The Balaban J connectivity index is 2.47. The average molecular weight is 337 g/mol. The lowest BCUT2D eigenvalue weighted by Crippen LogP contribution is -2.47. The molecule has 2 atom stereocenters. The van der Waals surface area contributed by atoms with Crippen LogP contribution in [0.15, 0.2) is 47.8 Å². The second-order valence-corrected chi connectivity index (χ2v) is 7.89. The SMILES string of the molecule is CN(C)C=NC1C=CC=CC1(C)S(=O)(=O)n1ccc(C(=O)O)c1. The maximum Gasteiger partial charge on any atom is 0.337 e. The van der Waals surface area contributed by atoms with E-state index in [4.69, 9.17) is 5.11 Å². The third kappa shape index (κ3) is 3.07. The summed E-state index contributed by atoms with van der Waals surface area (Å²) in [4.78, 5) is 17.0. The zero-order valence-corrected chi connectivity index (χ0v) is 13.9. The maximum absolute atomic E-state index is 13.0. The summed E-state index contributed by atoms with van der Waals surface area (Å²) in [7, 11) is -0.299. The van der Waals surface area contributed by atoms with E-state index in [1.54, 1.807) is 56.6 Å². The van der Waals surface area contributed by atoms with E-state index >= 15 is 0 Å². The van der Waals surface area contributed by atoms with Gasteiger partial charge in [-0.2, -0.15) is 0 Å². The van der Waals surface area contributed by atoms with E-state index in [2.05, 4.69) is 4.99 Å². The molecule has 0 saturated heterocycles. The molecule has 8 heteroatoms. The Morgan fingerprint density at radius 2 is 2.13 bits per heavy atom. The first-order chi connectivity index (χ1) is 10.7. The van der Waals surface area contributed by atoms with E-state index in [9.17, 15) is 13.2 Å². The number of aromatic carboxylic acids is 1. The Hall–Kier alpha value is -2.35. The van der Waals surface area contributed by atoms with Crippen LogP contribution in [0.25, 0.3) is 0 Å². The van der Waals surface area contributed by atoms with Gasteiger partial charge in [0.1, 0.15) is 4.75 Å². The number of hydrogen-bond acceptors (Lipinski definition) is 4. The smallest absolute Gasteiger partial charge is 0.337 e. The molecule has 0 saturated carbocycles. The van der Waals surface area contributed by atoms with Crippen LogP contribution < -0.4 is 0 Å². The van der Waals surface area contributed by atoms with Gasteiger partial charge in [-0.25, -0.2) is 13.2 Å². The molecule has 1 heterocycles. The molecule has 1 aliphatic carbocycles. The fourth-order valence-corrected chi connectivity index (χ4v) is 3.85. The van der Waals surface area contributed by atoms with E-state index < -0.39 is 26.8 Å². The molecule has 7 nitrogen and oxygen atoms in total. The molecule has 1 aromatic rings. The molecule has 0 radical (unpaired) electrons. The lowest BCUT2D eigenvalue weighted by Gasteiger charge is -2.32. The van der Waals surface area contributed by atoms with E-state index in [-0.39, 0.29) is 5.56 Å². The first kappa shape index (κ1) is 17.0. The number of aromatic nitrogens is 1. The fraction of sp³-hybridized carbons (Fsp3) is 0.333. The van der Waals surface area contributed by atoms with Gasteiger partial charge in [-0.05, 0) is 13.0 Å². The number of rotatable bonds is 5. The highest BCUT2D eigenvalue weighted by Crippen LogP contribution is 2.31. The second-order valence-electron chi connectivity index (χ2n) is 5.64. The van der Waals surface area contributed by atoms with E-state index in [1.165, 1.54) is 12.3 Å². The third-order valence-electron chi connectivity index (χ3n) is 3.62. The number of carbonyl (C=O) groups is 1. The highest BCUT2D eigenvalue weighted by atomic mass is 32.2. The number of allylic oxidation sites excluding steroid dienone is 2. The summed E-state index contributed by atoms with van der Waals surface area (Å²) < 4.78 is 25.6. The molecule has 0 aromatic carbocycles. The number of nitrogens with zero attached hydrogens (tertiary/aromatic N) is 3. The second kappa shape index (κ2) is 6.04. The van der Waals surface area contributed by atoms with Gasteiger partial charge in [0.25, 0.3) is 0 Å². The molecule has 0 amide bonds. The molecule has 1 N–H and O–H groups in total. The normalized spacial score (nSPS) is 24.2. The molecule has 0 bridgehead atoms. The summed E-state index contributed by atoms with van der Waals surface area (Å²) >= 11 is 0. The number of carboxylic acid groups (broad SMARTS) is 1. The topological polar surface area (TPSA) is 92.0 Å². The van der Waals surface area contributed by atoms with Crippen molar-refractivity contribution in [2.24, 2.45) is 4.99 Å². The standard InChI is InChI=1S/C15H19N3O4S/c1-15(8-5-4-6-13(15)16-11-17(2)3)23(21,22)18-9-7-12(10-18)14(19)20/h4-11,13H,1-3H3,(H,19,20). The Labute approximate surface area is 135 Å². The number of hydrogen-bond donors (Lipinski definition) is 1. The molecule has 0 aliphatic heterocycles.